The van der Waals surface area contributed by atoms with Crippen LogP contribution in [-0.2, 0) is 17.1 Å². The SMILES string of the molecule is CN(C(=O)c1cc(C(F)(F)F)cc(C(F)(F)F)c1)[C@@H]1CCN(C2CCN(C(=O)OC(C)(C)C)CC2)C[C@H]1c1ccccc1. The van der Waals surface area contributed by atoms with Gasteiger partial charge in [-0.25, -0.2) is 4.79 Å². The molecule has 43 heavy (non-hydrogen) atoms. The maximum atomic E-state index is 13.5. The number of likely N-dealkylation sites (tertiary alicyclic amines) is 2. The van der Waals surface area contributed by atoms with E-state index in [2.05, 4.69) is 4.90 Å². The van der Waals surface area contributed by atoms with Gasteiger partial charge in [0.15, 0.2) is 0 Å². The van der Waals surface area contributed by atoms with E-state index in [9.17, 15) is 35.9 Å². The van der Waals surface area contributed by atoms with Crippen molar-refractivity contribution >= 4 is 12.0 Å². The van der Waals surface area contributed by atoms with Gasteiger partial charge >= 0.3 is 18.4 Å². The summed E-state index contributed by atoms with van der Waals surface area (Å²) in [5.74, 6) is -1.14. The molecule has 0 aromatic heterocycles. The number of piperidine rings is 2. The van der Waals surface area contributed by atoms with Gasteiger partial charge in [-0.05, 0) is 63.8 Å². The third kappa shape index (κ3) is 8.01. The lowest BCUT2D eigenvalue weighted by Gasteiger charge is -2.47. The molecule has 2 aliphatic heterocycles. The number of likely N-dealkylation sites (N-methyl/N-ethyl adjacent to an activating group) is 1. The number of amides is 2. The lowest BCUT2D eigenvalue weighted by molar-refractivity contribution is -0.143. The summed E-state index contributed by atoms with van der Waals surface area (Å²) in [5.41, 5.74) is -3.38. The number of alkyl halides is 6. The van der Waals surface area contributed by atoms with Crippen LogP contribution in [0.3, 0.4) is 0 Å². The molecule has 4 rings (SSSR count). The number of hydrogen-bond acceptors (Lipinski definition) is 4. The number of nitrogens with zero attached hydrogens (tertiary/aromatic N) is 3. The zero-order valence-corrected chi connectivity index (χ0v) is 24.6. The second-order valence-corrected chi connectivity index (χ2v) is 12.3. The van der Waals surface area contributed by atoms with Crippen molar-refractivity contribution in [1.29, 1.82) is 0 Å². The van der Waals surface area contributed by atoms with E-state index in [0.717, 1.165) is 18.4 Å². The number of hydrogen-bond donors (Lipinski definition) is 0. The van der Waals surface area contributed by atoms with E-state index in [1.165, 1.54) is 11.9 Å². The third-order valence-electron chi connectivity index (χ3n) is 8.12. The average Bonchev–Trinajstić information content (AvgIpc) is 2.94. The van der Waals surface area contributed by atoms with Gasteiger partial charge in [-0.2, -0.15) is 26.3 Å². The van der Waals surface area contributed by atoms with Crippen LogP contribution in [0, 0.1) is 0 Å². The molecule has 2 atom stereocenters. The topological polar surface area (TPSA) is 53.1 Å². The summed E-state index contributed by atoms with van der Waals surface area (Å²) < 4.78 is 86.3. The highest BCUT2D eigenvalue weighted by Gasteiger charge is 2.41. The molecule has 6 nitrogen and oxygen atoms in total. The molecular weight excluding hydrogens is 576 g/mol. The van der Waals surface area contributed by atoms with E-state index in [1.807, 2.05) is 51.1 Å². The van der Waals surface area contributed by atoms with Gasteiger partial charge in [0.1, 0.15) is 5.60 Å². The highest BCUT2D eigenvalue weighted by Crippen LogP contribution is 2.38. The van der Waals surface area contributed by atoms with E-state index >= 15 is 0 Å². The molecule has 0 unspecified atom stereocenters. The zero-order chi connectivity index (χ0) is 31.7. The van der Waals surface area contributed by atoms with Gasteiger partial charge in [0.05, 0.1) is 11.1 Å². The van der Waals surface area contributed by atoms with Crippen LogP contribution in [-0.4, -0.2) is 77.6 Å². The predicted molar refractivity (Wildman–Crippen MR) is 149 cm³/mol. The van der Waals surface area contributed by atoms with Crippen molar-refractivity contribution in [1.82, 2.24) is 14.7 Å². The van der Waals surface area contributed by atoms with E-state index < -0.39 is 46.6 Å². The van der Waals surface area contributed by atoms with Crippen LogP contribution < -0.4 is 0 Å². The molecule has 2 aliphatic rings. The van der Waals surface area contributed by atoms with Crippen LogP contribution in [0.4, 0.5) is 31.1 Å². The Morgan fingerprint density at radius 2 is 1.40 bits per heavy atom. The normalized spacial score (nSPS) is 21.0. The molecule has 0 spiro atoms. The first-order valence-corrected chi connectivity index (χ1v) is 14.3. The molecular formula is C31H37F6N3O3. The number of benzene rings is 2. The third-order valence-corrected chi connectivity index (χ3v) is 8.12. The molecule has 236 valence electrons. The number of carbonyl (C=O) groups excluding carboxylic acids is 2. The van der Waals surface area contributed by atoms with Crippen molar-refractivity contribution in [2.45, 2.75) is 76.0 Å². The molecule has 2 saturated heterocycles. The molecule has 0 aliphatic carbocycles. The summed E-state index contributed by atoms with van der Waals surface area (Å²) in [5, 5.41) is 0. The second kappa shape index (κ2) is 12.4. The summed E-state index contributed by atoms with van der Waals surface area (Å²) in [6.07, 6.45) is -8.53. The predicted octanol–water partition coefficient (Wildman–Crippen LogP) is 7.05. The van der Waals surface area contributed by atoms with Gasteiger partial charge in [0.2, 0.25) is 0 Å². The summed E-state index contributed by atoms with van der Waals surface area (Å²) >= 11 is 0. The standard InChI is InChI=1S/C31H37F6N3O3/c1-29(2,3)43-28(42)39-13-10-24(11-14-39)40-15-12-26(25(19-40)20-8-6-5-7-9-20)38(4)27(41)21-16-22(30(32,33)34)18-23(17-21)31(35,36)37/h5-9,16-18,24-26H,10-15,19H2,1-4H3/t25-,26+/m0/s1. The summed E-state index contributed by atoms with van der Waals surface area (Å²) in [6.45, 7) is 7.63. The van der Waals surface area contributed by atoms with Crippen LogP contribution in [0.25, 0.3) is 0 Å². The Kier molecular flexibility index (Phi) is 9.39. The minimum absolute atomic E-state index is 0.0240. The fourth-order valence-electron chi connectivity index (χ4n) is 5.96. The fraction of sp³-hybridized carbons (Fsp3) is 0.548. The lowest BCUT2D eigenvalue weighted by Crippen LogP contribution is -2.55. The van der Waals surface area contributed by atoms with Crippen molar-refractivity contribution in [3.05, 3.63) is 70.8 Å². The van der Waals surface area contributed by atoms with E-state index in [0.29, 0.717) is 44.7 Å². The minimum atomic E-state index is -5.05. The molecule has 2 amide bonds. The Morgan fingerprint density at radius 3 is 1.91 bits per heavy atom. The van der Waals surface area contributed by atoms with Gasteiger partial charge < -0.3 is 14.5 Å². The van der Waals surface area contributed by atoms with E-state index in [-0.39, 0.29) is 24.1 Å². The van der Waals surface area contributed by atoms with Crippen LogP contribution in [0.5, 0.6) is 0 Å². The highest BCUT2D eigenvalue weighted by atomic mass is 19.4. The second-order valence-electron chi connectivity index (χ2n) is 12.3. The van der Waals surface area contributed by atoms with E-state index in [1.54, 1.807) is 4.90 Å². The monoisotopic (exact) mass is 613 g/mol. The van der Waals surface area contributed by atoms with Gasteiger partial charge in [-0.1, -0.05) is 30.3 Å². The van der Waals surface area contributed by atoms with Crippen LogP contribution >= 0.6 is 0 Å². The van der Waals surface area contributed by atoms with Crippen molar-refractivity contribution in [2.75, 3.05) is 33.2 Å². The molecule has 2 fully saturated rings. The van der Waals surface area contributed by atoms with Crippen LogP contribution in [0.15, 0.2) is 48.5 Å². The highest BCUT2D eigenvalue weighted by molar-refractivity contribution is 5.95. The van der Waals surface area contributed by atoms with Gasteiger partial charge in [0, 0.05) is 56.8 Å². The van der Waals surface area contributed by atoms with Crippen molar-refractivity contribution in [2.24, 2.45) is 0 Å². The molecule has 2 heterocycles. The van der Waals surface area contributed by atoms with Gasteiger partial charge in [-0.15, -0.1) is 0 Å². The van der Waals surface area contributed by atoms with Crippen LogP contribution in [0.1, 0.15) is 73.0 Å². The minimum Gasteiger partial charge on any atom is -0.444 e. The first kappa shape index (κ1) is 32.6. The van der Waals surface area contributed by atoms with Gasteiger partial charge in [0.25, 0.3) is 5.91 Å². The Hall–Kier alpha value is -3.28. The molecule has 2 aromatic rings. The van der Waals surface area contributed by atoms with Crippen molar-refractivity contribution in [3.63, 3.8) is 0 Å². The fourth-order valence-corrected chi connectivity index (χ4v) is 5.96. The number of halogens is 6. The first-order chi connectivity index (χ1) is 19.9. The largest absolute Gasteiger partial charge is 0.444 e. The van der Waals surface area contributed by atoms with Gasteiger partial charge in [-0.3, -0.25) is 9.69 Å². The molecule has 0 radical (unpaired) electrons. The zero-order valence-electron chi connectivity index (χ0n) is 24.6. The van der Waals surface area contributed by atoms with Crippen molar-refractivity contribution < 1.29 is 40.7 Å². The Labute approximate surface area is 247 Å². The van der Waals surface area contributed by atoms with Crippen LogP contribution in [0.2, 0.25) is 0 Å². The number of ether oxygens (including phenoxy) is 1. The molecule has 0 N–H and O–H groups in total. The maximum absolute atomic E-state index is 13.5. The summed E-state index contributed by atoms with van der Waals surface area (Å²) in [4.78, 5) is 31.3. The van der Waals surface area contributed by atoms with E-state index in [4.69, 9.17) is 4.74 Å². The molecule has 0 saturated carbocycles. The maximum Gasteiger partial charge on any atom is 0.416 e. The van der Waals surface area contributed by atoms with Crippen molar-refractivity contribution in [3.8, 4) is 0 Å². The molecule has 0 bridgehead atoms. The quantitative estimate of drug-likeness (QED) is 0.347. The molecule has 12 heteroatoms. The number of rotatable bonds is 4. The smallest absolute Gasteiger partial charge is 0.416 e. The summed E-state index contributed by atoms with van der Waals surface area (Å²) in [7, 11) is 1.44. The Balaban J connectivity index is 1.54. The first-order valence-electron chi connectivity index (χ1n) is 14.3. The summed E-state index contributed by atoms with van der Waals surface area (Å²) in [6, 6.07) is 10.1. The number of carbonyl (C=O) groups is 2. The lowest BCUT2D eigenvalue weighted by atomic mass is 9.83. The average molecular weight is 614 g/mol. The Morgan fingerprint density at radius 1 is 0.837 bits per heavy atom. The Bertz CT molecular complexity index is 1250. The molecule has 2 aromatic carbocycles.